The summed E-state index contributed by atoms with van der Waals surface area (Å²) in [6.07, 6.45) is 1.36. The average Bonchev–Trinajstić information content (AvgIpc) is 2.38. The van der Waals surface area contributed by atoms with Crippen LogP contribution in [0.3, 0.4) is 0 Å². The second kappa shape index (κ2) is 4.52. The van der Waals surface area contributed by atoms with Crippen LogP contribution >= 0.6 is 0 Å². The lowest BCUT2D eigenvalue weighted by atomic mass is 10.1. The Hall–Kier alpha value is -2.30. The van der Waals surface area contributed by atoms with Crippen molar-refractivity contribution in [2.75, 3.05) is 7.11 Å². The van der Waals surface area contributed by atoms with Crippen molar-refractivity contribution in [3.05, 3.63) is 40.2 Å². The predicted octanol–water partition coefficient (Wildman–Crippen LogP) is 1.73. The van der Waals surface area contributed by atoms with Gasteiger partial charge >= 0.3 is 5.97 Å². The number of carboxylic acids is 1. The monoisotopic (exact) mass is 247 g/mol. The zero-order valence-corrected chi connectivity index (χ0v) is 10.1. The first kappa shape index (κ1) is 12.2. The highest BCUT2D eigenvalue weighted by Gasteiger charge is 2.16. The van der Waals surface area contributed by atoms with Gasteiger partial charge in [0.25, 0.3) is 0 Å². The second-order valence-corrected chi connectivity index (χ2v) is 3.82. The van der Waals surface area contributed by atoms with E-state index in [2.05, 4.69) is 0 Å². The van der Waals surface area contributed by atoms with Crippen LogP contribution in [0.4, 0.5) is 0 Å². The van der Waals surface area contributed by atoms with E-state index in [0.29, 0.717) is 23.2 Å². The van der Waals surface area contributed by atoms with Crippen LogP contribution in [-0.4, -0.2) is 22.8 Å². The van der Waals surface area contributed by atoms with Crippen molar-refractivity contribution in [3.8, 4) is 5.75 Å². The maximum atomic E-state index is 12.1. The lowest BCUT2D eigenvalue weighted by Crippen LogP contribution is -2.19. The third-order valence-electron chi connectivity index (χ3n) is 2.85. The Labute approximate surface area is 103 Å². The number of hydrogen-bond acceptors (Lipinski definition) is 3. The number of hydrogen-bond donors (Lipinski definition) is 1. The lowest BCUT2D eigenvalue weighted by molar-refractivity contribution is 0.0695. The van der Waals surface area contributed by atoms with Gasteiger partial charge < -0.3 is 14.4 Å². The van der Waals surface area contributed by atoms with Crippen molar-refractivity contribution in [1.29, 1.82) is 0 Å². The molecule has 1 heterocycles. The molecule has 1 aromatic heterocycles. The lowest BCUT2D eigenvalue weighted by Gasteiger charge is -2.13. The molecule has 0 radical (unpaired) electrons. The molecule has 0 atom stereocenters. The Morgan fingerprint density at radius 2 is 2.17 bits per heavy atom. The van der Waals surface area contributed by atoms with Crippen LogP contribution in [0.25, 0.3) is 10.9 Å². The number of methoxy groups -OCH3 is 1. The van der Waals surface area contributed by atoms with Crippen LogP contribution in [0, 0.1) is 0 Å². The van der Waals surface area contributed by atoms with Gasteiger partial charge in [0.2, 0.25) is 5.43 Å². The molecule has 5 nitrogen and oxygen atoms in total. The van der Waals surface area contributed by atoms with E-state index in [1.54, 1.807) is 22.8 Å². The molecule has 94 valence electrons. The van der Waals surface area contributed by atoms with Crippen LogP contribution in [0.1, 0.15) is 17.3 Å². The Morgan fingerprint density at radius 1 is 1.44 bits per heavy atom. The first-order chi connectivity index (χ1) is 8.60. The van der Waals surface area contributed by atoms with E-state index in [1.807, 2.05) is 6.92 Å². The fourth-order valence-electron chi connectivity index (χ4n) is 1.99. The van der Waals surface area contributed by atoms with Gasteiger partial charge in [-0.05, 0) is 19.1 Å². The number of fused-ring (bicyclic) bond motifs is 1. The first-order valence-electron chi connectivity index (χ1n) is 5.53. The van der Waals surface area contributed by atoms with Crippen molar-refractivity contribution >= 4 is 16.9 Å². The summed E-state index contributed by atoms with van der Waals surface area (Å²) in [6.45, 7) is 2.43. The Kier molecular flexibility index (Phi) is 3.06. The molecule has 0 aliphatic carbocycles. The number of aromatic carboxylic acids is 1. The van der Waals surface area contributed by atoms with Gasteiger partial charge in [-0.1, -0.05) is 6.07 Å². The molecule has 0 spiro atoms. The molecule has 0 saturated carbocycles. The second-order valence-electron chi connectivity index (χ2n) is 3.82. The highest BCUT2D eigenvalue weighted by molar-refractivity contribution is 5.94. The molecule has 1 aromatic carbocycles. The minimum absolute atomic E-state index is 0.224. The summed E-state index contributed by atoms with van der Waals surface area (Å²) in [6, 6.07) is 5.03. The Bertz CT molecular complexity index is 672. The molecule has 2 rings (SSSR count). The van der Waals surface area contributed by atoms with Gasteiger partial charge in [0, 0.05) is 12.7 Å². The molecule has 0 fully saturated rings. The van der Waals surface area contributed by atoms with Crippen LogP contribution in [-0.2, 0) is 6.54 Å². The normalized spacial score (nSPS) is 10.6. The third-order valence-corrected chi connectivity index (χ3v) is 2.85. The number of aromatic nitrogens is 1. The van der Waals surface area contributed by atoms with Crippen molar-refractivity contribution in [3.63, 3.8) is 0 Å². The molecule has 0 unspecified atom stereocenters. The van der Waals surface area contributed by atoms with E-state index >= 15 is 0 Å². The Morgan fingerprint density at radius 3 is 2.72 bits per heavy atom. The van der Waals surface area contributed by atoms with E-state index in [1.165, 1.54) is 13.3 Å². The van der Waals surface area contributed by atoms with Gasteiger partial charge in [0.1, 0.15) is 11.3 Å². The fraction of sp³-hybridized carbons (Fsp3) is 0.231. The molecule has 5 heteroatoms. The molecule has 0 amide bonds. The SMILES string of the molecule is CCn1cc(C(=O)O)c(=O)c2cccc(OC)c21. The summed E-state index contributed by atoms with van der Waals surface area (Å²) in [5.41, 5.74) is -0.0868. The maximum Gasteiger partial charge on any atom is 0.341 e. The fourth-order valence-corrected chi connectivity index (χ4v) is 1.99. The number of carbonyl (C=O) groups is 1. The molecule has 0 aliphatic rings. The zero-order chi connectivity index (χ0) is 13.3. The zero-order valence-electron chi connectivity index (χ0n) is 10.1. The summed E-state index contributed by atoms with van der Waals surface area (Å²) < 4.78 is 6.93. The van der Waals surface area contributed by atoms with E-state index in [9.17, 15) is 9.59 Å². The summed E-state index contributed by atoms with van der Waals surface area (Å²) in [7, 11) is 1.52. The topological polar surface area (TPSA) is 68.5 Å². The van der Waals surface area contributed by atoms with Crippen molar-refractivity contribution in [2.24, 2.45) is 0 Å². The molecule has 0 bridgehead atoms. The summed E-state index contributed by atoms with van der Waals surface area (Å²) in [5.74, 6) is -0.657. The average molecular weight is 247 g/mol. The van der Waals surface area contributed by atoms with Gasteiger partial charge in [-0.25, -0.2) is 4.79 Å². The minimum atomic E-state index is -1.22. The molecule has 0 saturated heterocycles. The molecule has 2 aromatic rings. The molecular formula is C13H13NO4. The van der Waals surface area contributed by atoms with Crippen LogP contribution in [0.2, 0.25) is 0 Å². The molecule has 1 N–H and O–H groups in total. The number of ether oxygens (including phenoxy) is 1. The van der Waals surface area contributed by atoms with E-state index in [-0.39, 0.29) is 5.56 Å². The number of benzene rings is 1. The third kappa shape index (κ3) is 1.73. The van der Waals surface area contributed by atoms with Crippen molar-refractivity contribution < 1.29 is 14.6 Å². The number of nitrogens with zero attached hydrogens (tertiary/aromatic N) is 1. The van der Waals surface area contributed by atoms with Crippen LogP contribution < -0.4 is 10.2 Å². The van der Waals surface area contributed by atoms with Gasteiger partial charge in [0.05, 0.1) is 18.0 Å². The largest absolute Gasteiger partial charge is 0.495 e. The molecule has 18 heavy (non-hydrogen) atoms. The predicted molar refractivity (Wildman–Crippen MR) is 67.4 cm³/mol. The van der Waals surface area contributed by atoms with E-state index < -0.39 is 11.4 Å². The van der Waals surface area contributed by atoms with Crippen molar-refractivity contribution in [1.82, 2.24) is 4.57 Å². The number of aryl methyl sites for hydroxylation is 1. The Balaban J connectivity index is 2.98. The highest BCUT2D eigenvalue weighted by atomic mass is 16.5. The van der Waals surface area contributed by atoms with Gasteiger partial charge in [-0.15, -0.1) is 0 Å². The maximum absolute atomic E-state index is 12.1. The van der Waals surface area contributed by atoms with Crippen LogP contribution in [0.15, 0.2) is 29.2 Å². The van der Waals surface area contributed by atoms with Gasteiger partial charge in [-0.2, -0.15) is 0 Å². The number of pyridine rings is 1. The standard InChI is InChI=1S/C13H13NO4/c1-3-14-7-9(13(16)17)12(15)8-5-4-6-10(18-2)11(8)14/h4-7H,3H2,1-2H3,(H,16,17). The summed E-state index contributed by atoms with van der Waals surface area (Å²) in [4.78, 5) is 23.1. The smallest absolute Gasteiger partial charge is 0.341 e. The van der Waals surface area contributed by atoms with Gasteiger partial charge in [-0.3, -0.25) is 4.79 Å². The number of carboxylic acid groups (broad SMARTS) is 1. The molecular weight excluding hydrogens is 234 g/mol. The van der Waals surface area contributed by atoms with Crippen LogP contribution in [0.5, 0.6) is 5.75 Å². The van der Waals surface area contributed by atoms with Gasteiger partial charge in [0.15, 0.2) is 0 Å². The highest BCUT2D eigenvalue weighted by Crippen LogP contribution is 2.23. The molecule has 0 aliphatic heterocycles. The quantitative estimate of drug-likeness (QED) is 0.896. The summed E-state index contributed by atoms with van der Waals surface area (Å²) in [5, 5.41) is 9.38. The number of rotatable bonds is 3. The first-order valence-corrected chi connectivity index (χ1v) is 5.53. The van der Waals surface area contributed by atoms with E-state index in [4.69, 9.17) is 9.84 Å². The van der Waals surface area contributed by atoms with Crippen molar-refractivity contribution in [2.45, 2.75) is 13.5 Å². The summed E-state index contributed by atoms with van der Waals surface area (Å²) >= 11 is 0. The van der Waals surface area contributed by atoms with E-state index in [0.717, 1.165) is 0 Å². The minimum Gasteiger partial charge on any atom is -0.495 e. The number of para-hydroxylation sites is 1.